The maximum absolute atomic E-state index is 11.9. The Hall–Kier alpha value is -1.10. The van der Waals surface area contributed by atoms with E-state index in [1.165, 1.54) is 0 Å². The van der Waals surface area contributed by atoms with Crippen molar-refractivity contribution in [3.8, 4) is 0 Å². The van der Waals surface area contributed by atoms with Crippen molar-refractivity contribution in [3.63, 3.8) is 0 Å². The number of methoxy groups -OCH3 is 1. The van der Waals surface area contributed by atoms with Crippen LogP contribution < -0.4 is 5.32 Å². The van der Waals surface area contributed by atoms with Crippen molar-refractivity contribution in [3.05, 3.63) is 0 Å². The maximum Gasteiger partial charge on any atom is 0.224 e. The Balaban J connectivity index is 1.83. The first kappa shape index (κ1) is 13.3. The van der Waals surface area contributed by atoms with Gasteiger partial charge in [0.1, 0.15) is 0 Å². The van der Waals surface area contributed by atoms with Crippen LogP contribution >= 0.6 is 0 Å². The van der Waals surface area contributed by atoms with Gasteiger partial charge in [-0.15, -0.1) is 0 Å². The van der Waals surface area contributed by atoms with E-state index in [1.807, 2.05) is 4.90 Å². The van der Waals surface area contributed by atoms with Gasteiger partial charge >= 0.3 is 0 Å². The van der Waals surface area contributed by atoms with E-state index in [1.54, 1.807) is 7.11 Å². The van der Waals surface area contributed by atoms with Crippen molar-refractivity contribution in [1.29, 1.82) is 0 Å². The van der Waals surface area contributed by atoms with Crippen LogP contribution in [0.4, 0.5) is 0 Å². The molecular formula is C13H22N2O3. The zero-order valence-corrected chi connectivity index (χ0v) is 11.0. The number of hydrogen-bond donors (Lipinski definition) is 1. The summed E-state index contributed by atoms with van der Waals surface area (Å²) < 4.78 is 4.92. The molecule has 0 unspecified atom stereocenters. The van der Waals surface area contributed by atoms with Gasteiger partial charge in [0.25, 0.3) is 0 Å². The first-order valence-electron chi connectivity index (χ1n) is 6.73. The SMILES string of the molecule is COCCC(=O)N1CCC2(CCCC(=O)N2)CC1. The van der Waals surface area contributed by atoms with Crippen LogP contribution in [0.3, 0.4) is 0 Å². The van der Waals surface area contributed by atoms with Gasteiger partial charge in [0.2, 0.25) is 11.8 Å². The number of likely N-dealkylation sites (tertiary alicyclic amines) is 1. The smallest absolute Gasteiger partial charge is 0.224 e. The third-order valence-electron chi connectivity index (χ3n) is 4.06. The van der Waals surface area contributed by atoms with Crippen molar-refractivity contribution < 1.29 is 14.3 Å². The van der Waals surface area contributed by atoms with Gasteiger partial charge in [-0.2, -0.15) is 0 Å². The van der Waals surface area contributed by atoms with Crippen LogP contribution in [0.1, 0.15) is 38.5 Å². The molecule has 2 heterocycles. The van der Waals surface area contributed by atoms with Gasteiger partial charge in [-0.05, 0) is 25.7 Å². The third kappa shape index (κ3) is 3.02. The molecule has 1 spiro atoms. The van der Waals surface area contributed by atoms with Crippen molar-refractivity contribution in [2.24, 2.45) is 0 Å². The number of nitrogens with one attached hydrogen (secondary N) is 1. The molecule has 0 saturated carbocycles. The third-order valence-corrected chi connectivity index (χ3v) is 4.06. The number of carbonyl (C=O) groups excluding carboxylic acids is 2. The van der Waals surface area contributed by atoms with E-state index in [4.69, 9.17) is 4.74 Å². The summed E-state index contributed by atoms with van der Waals surface area (Å²) in [6.45, 7) is 1.99. The fourth-order valence-corrected chi connectivity index (χ4v) is 2.91. The van der Waals surface area contributed by atoms with Gasteiger partial charge in [-0.1, -0.05) is 0 Å². The molecule has 2 saturated heterocycles. The molecule has 2 aliphatic heterocycles. The number of carbonyl (C=O) groups is 2. The Morgan fingerprint density at radius 3 is 2.72 bits per heavy atom. The van der Waals surface area contributed by atoms with Crippen molar-refractivity contribution in [2.45, 2.75) is 44.1 Å². The minimum Gasteiger partial charge on any atom is -0.384 e. The van der Waals surface area contributed by atoms with E-state index < -0.39 is 0 Å². The zero-order valence-electron chi connectivity index (χ0n) is 11.0. The standard InChI is InChI=1S/C13H22N2O3/c1-18-10-4-12(17)15-8-6-13(7-9-15)5-2-3-11(16)14-13/h2-10H2,1H3,(H,14,16). The summed E-state index contributed by atoms with van der Waals surface area (Å²) in [6.07, 6.45) is 4.91. The zero-order chi connectivity index (χ0) is 13.0. The van der Waals surface area contributed by atoms with Gasteiger partial charge in [0, 0.05) is 32.2 Å². The molecule has 0 aliphatic carbocycles. The Bertz CT molecular complexity index is 322. The average molecular weight is 254 g/mol. The summed E-state index contributed by atoms with van der Waals surface area (Å²) >= 11 is 0. The van der Waals surface area contributed by atoms with Gasteiger partial charge in [0.15, 0.2) is 0 Å². The highest BCUT2D eigenvalue weighted by Gasteiger charge is 2.38. The minimum absolute atomic E-state index is 0.0344. The summed E-state index contributed by atoms with van der Waals surface area (Å²) in [5, 5.41) is 3.13. The van der Waals surface area contributed by atoms with E-state index in [0.29, 0.717) is 19.4 Å². The van der Waals surface area contributed by atoms with Crippen LogP contribution in [0.2, 0.25) is 0 Å². The molecule has 0 radical (unpaired) electrons. The molecule has 0 aromatic heterocycles. The Labute approximate surface area is 108 Å². The van der Waals surface area contributed by atoms with E-state index in [2.05, 4.69) is 5.32 Å². The lowest BCUT2D eigenvalue weighted by Crippen LogP contribution is -2.58. The topological polar surface area (TPSA) is 58.6 Å². The molecular weight excluding hydrogens is 232 g/mol. The summed E-state index contributed by atoms with van der Waals surface area (Å²) in [7, 11) is 1.61. The van der Waals surface area contributed by atoms with Gasteiger partial charge in [-0.25, -0.2) is 0 Å². The van der Waals surface area contributed by atoms with Crippen LogP contribution in [-0.2, 0) is 14.3 Å². The van der Waals surface area contributed by atoms with Crippen LogP contribution in [0.25, 0.3) is 0 Å². The molecule has 5 heteroatoms. The second-order valence-electron chi connectivity index (χ2n) is 5.31. The van der Waals surface area contributed by atoms with Crippen LogP contribution in [0.5, 0.6) is 0 Å². The number of piperidine rings is 2. The number of ether oxygens (including phenoxy) is 1. The van der Waals surface area contributed by atoms with Crippen molar-refractivity contribution in [2.75, 3.05) is 26.8 Å². The van der Waals surface area contributed by atoms with Gasteiger partial charge < -0.3 is 15.0 Å². The fraction of sp³-hybridized carbons (Fsp3) is 0.846. The molecule has 102 valence electrons. The highest BCUT2D eigenvalue weighted by atomic mass is 16.5. The highest BCUT2D eigenvalue weighted by molar-refractivity contribution is 5.78. The lowest BCUT2D eigenvalue weighted by atomic mass is 9.80. The number of hydrogen-bond acceptors (Lipinski definition) is 3. The maximum atomic E-state index is 11.9. The average Bonchev–Trinajstić information content (AvgIpc) is 2.36. The van der Waals surface area contributed by atoms with Gasteiger partial charge in [-0.3, -0.25) is 9.59 Å². The second kappa shape index (κ2) is 5.69. The quantitative estimate of drug-likeness (QED) is 0.806. The second-order valence-corrected chi connectivity index (χ2v) is 5.31. The summed E-state index contributed by atoms with van der Waals surface area (Å²) in [5.74, 6) is 0.328. The molecule has 0 atom stereocenters. The largest absolute Gasteiger partial charge is 0.384 e. The van der Waals surface area contributed by atoms with Crippen LogP contribution in [-0.4, -0.2) is 49.1 Å². The monoisotopic (exact) mass is 254 g/mol. The number of nitrogens with zero attached hydrogens (tertiary/aromatic N) is 1. The van der Waals surface area contributed by atoms with Crippen molar-refractivity contribution in [1.82, 2.24) is 10.2 Å². The molecule has 2 rings (SSSR count). The first-order chi connectivity index (χ1) is 8.65. The first-order valence-corrected chi connectivity index (χ1v) is 6.73. The van der Waals surface area contributed by atoms with E-state index >= 15 is 0 Å². The highest BCUT2D eigenvalue weighted by Crippen LogP contribution is 2.30. The molecule has 0 bridgehead atoms. The summed E-state index contributed by atoms with van der Waals surface area (Å²) in [4.78, 5) is 25.2. The summed E-state index contributed by atoms with van der Waals surface area (Å²) in [5.41, 5.74) is -0.0344. The van der Waals surface area contributed by atoms with E-state index in [0.717, 1.165) is 38.8 Å². The summed E-state index contributed by atoms with van der Waals surface area (Å²) in [6, 6.07) is 0. The molecule has 0 aromatic rings. The Morgan fingerprint density at radius 1 is 1.39 bits per heavy atom. The Morgan fingerprint density at radius 2 is 2.11 bits per heavy atom. The lowest BCUT2D eigenvalue weighted by molar-refractivity contribution is -0.134. The minimum atomic E-state index is -0.0344. The number of rotatable bonds is 3. The normalized spacial score (nSPS) is 22.9. The predicted octanol–water partition coefficient (Wildman–Crippen LogP) is 0.684. The van der Waals surface area contributed by atoms with Gasteiger partial charge in [0.05, 0.1) is 13.0 Å². The molecule has 2 fully saturated rings. The number of amides is 2. The fourth-order valence-electron chi connectivity index (χ4n) is 2.91. The van der Waals surface area contributed by atoms with Crippen LogP contribution in [0.15, 0.2) is 0 Å². The van der Waals surface area contributed by atoms with Crippen molar-refractivity contribution >= 4 is 11.8 Å². The van der Waals surface area contributed by atoms with E-state index in [9.17, 15) is 9.59 Å². The predicted molar refractivity (Wildman–Crippen MR) is 67.0 cm³/mol. The molecule has 1 N–H and O–H groups in total. The lowest BCUT2D eigenvalue weighted by Gasteiger charge is -2.44. The molecule has 18 heavy (non-hydrogen) atoms. The molecule has 2 aliphatic rings. The molecule has 5 nitrogen and oxygen atoms in total. The molecule has 0 aromatic carbocycles. The van der Waals surface area contributed by atoms with Crippen LogP contribution in [0, 0.1) is 0 Å². The Kier molecular flexibility index (Phi) is 4.22. The van der Waals surface area contributed by atoms with E-state index in [-0.39, 0.29) is 17.4 Å². The molecule has 2 amide bonds.